The summed E-state index contributed by atoms with van der Waals surface area (Å²) in [6, 6.07) is 13.7. The quantitative estimate of drug-likeness (QED) is 0.743. The molecule has 1 saturated carbocycles. The van der Waals surface area contributed by atoms with Crippen molar-refractivity contribution in [2.24, 2.45) is 5.73 Å². The molecule has 1 aromatic heterocycles. The monoisotopic (exact) mass is 419 g/mol. The number of nitrogens with two attached hydrogens (primary N) is 1. The minimum atomic E-state index is -0.875. The maximum absolute atomic E-state index is 12.6. The van der Waals surface area contributed by atoms with Crippen LogP contribution < -0.4 is 10.6 Å². The number of hydrogen-bond donors (Lipinski definition) is 2. The molecule has 1 aliphatic heterocycles. The summed E-state index contributed by atoms with van der Waals surface area (Å²) in [5.41, 5.74) is 8.79. The van der Waals surface area contributed by atoms with E-state index in [9.17, 15) is 9.90 Å². The first kappa shape index (κ1) is 21.5. The highest BCUT2D eigenvalue weighted by atomic mass is 16.5. The van der Waals surface area contributed by atoms with E-state index in [-0.39, 0.29) is 12.5 Å². The Morgan fingerprint density at radius 2 is 1.94 bits per heavy atom. The van der Waals surface area contributed by atoms with E-state index in [1.807, 2.05) is 36.4 Å². The number of pyridine rings is 1. The van der Waals surface area contributed by atoms with E-state index in [1.54, 1.807) is 6.07 Å². The third-order valence-corrected chi connectivity index (χ3v) is 6.12. The summed E-state index contributed by atoms with van der Waals surface area (Å²) < 4.78 is 5.15. The Morgan fingerprint density at radius 1 is 1.19 bits per heavy atom. The van der Waals surface area contributed by atoms with Crippen molar-refractivity contribution in [3.8, 4) is 11.8 Å². The Balaban J connectivity index is 1.68. The third-order valence-electron chi connectivity index (χ3n) is 6.12. The van der Waals surface area contributed by atoms with E-state index in [0.717, 1.165) is 42.5 Å². The second-order valence-electron chi connectivity index (χ2n) is 8.47. The molecule has 2 unspecified atom stereocenters. The summed E-state index contributed by atoms with van der Waals surface area (Å²) in [5.74, 6) is 6.81. The van der Waals surface area contributed by atoms with Gasteiger partial charge in [0.05, 0.1) is 17.8 Å². The van der Waals surface area contributed by atoms with E-state index in [4.69, 9.17) is 15.5 Å². The molecular formula is C25H29N3O3. The summed E-state index contributed by atoms with van der Waals surface area (Å²) in [7, 11) is 1.43. The number of nitrogens with zero attached hydrogens (tertiary/aromatic N) is 2. The molecule has 6 heteroatoms. The molecule has 1 saturated heterocycles. The molecule has 0 bridgehead atoms. The summed E-state index contributed by atoms with van der Waals surface area (Å²) in [6.45, 7) is 0.159. The number of carbonyl (C=O) groups is 1. The zero-order valence-electron chi connectivity index (χ0n) is 17.9. The number of methoxy groups -OCH3 is 1. The SMILES string of the molecule is COC1C(=O)N(c2ccc(C#CC3(N)CCCCC3)c(Cc3ccccc3)n2)CC1O. The van der Waals surface area contributed by atoms with Crippen LogP contribution >= 0.6 is 0 Å². The number of aliphatic hydroxyl groups excluding tert-OH is 1. The number of hydrogen-bond acceptors (Lipinski definition) is 5. The Labute approximate surface area is 183 Å². The average molecular weight is 420 g/mol. The molecule has 1 aliphatic carbocycles. The number of ether oxygens (including phenoxy) is 1. The number of rotatable bonds is 4. The average Bonchev–Trinajstić information content (AvgIpc) is 3.07. The fraction of sp³-hybridized carbons (Fsp3) is 0.440. The summed E-state index contributed by atoms with van der Waals surface area (Å²) >= 11 is 0. The van der Waals surface area contributed by atoms with Crippen LogP contribution in [-0.4, -0.2) is 47.4 Å². The van der Waals surface area contributed by atoms with Gasteiger partial charge in [0.2, 0.25) is 0 Å². The van der Waals surface area contributed by atoms with E-state index in [0.29, 0.717) is 12.2 Å². The molecule has 0 radical (unpaired) electrons. The van der Waals surface area contributed by atoms with Crippen molar-refractivity contribution in [3.05, 3.63) is 59.3 Å². The number of amides is 1. The van der Waals surface area contributed by atoms with Gasteiger partial charge in [0.15, 0.2) is 6.10 Å². The van der Waals surface area contributed by atoms with E-state index in [2.05, 4.69) is 11.8 Å². The topological polar surface area (TPSA) is 88.7 Å². The van der Waals surface area contributed by atoms with E-state index < -0.39 is 17.7 Å². The lowest BCUT2D eigenvalue weighted by molar-refractivity contribution is -0.128. The van der Waals surface area contributed by atoms with Crippen LogP contribution in [0.15, 0.2) is 42.5 Å². The van der Waals surface area contributed by atoms with Crippen LogP contribution in [0.25, 0.3) is 0 Å². The third kappa shape index (κ3) is 4.80. The van der Waals surface area contributed by atoms with Crippen molar-refractivity contribution in [1.82, 2.24) is 4.98 Å². The van der Waals surface area contributed by atoms with Crippen LogP contribution in [0.4, 0.5) is 5.82 Å². The van der Waals surface area contributed by atoms with Gasteiger partial charge in [-0.2, -0.15) is 0 Å². The molecule has 2 aliphatic rings. The zero-order valence-corrected chi connectivity index (χ0v) is 17.9. The number of β-amino-alcohol motifs (C(OH)–C–C–N with tert-alkyl or cyclic N) is 1. The lowest BCUT2D eigenvalue weighted by atomic mass is 9.83. The molecule has 0 spiro atoms. The normalized spacial score (nSPS) is 22.8. The molecule has 2 fully saturated rings. The molecule has 3 N–H and O–H groups in total. The molecule has 1 amide bonds. The molecular weight excluding hydrogens is 390 g/mol. The van der Waals surface area contributed by atoms with Gasteiger partial charge in [0.1, 0.15) is 11.9 Å². The van der Waals surface area contributed by atoms with Crippen molar-refractivity contribution >= 4 is 11.7 Å². The maximum atomic E-state index is 12.6. The summed E-state index contributed by atoms with van der Waals surface area (Å²) in [6.07, 6.45) is 4.12. The van der Waals surface area contributed by atoms with Crippen molar-refractivity contribution < 1.29 is 14.6 Å². The number of carbonyl (C=O) groups excluding carboxylic acids is 1. The van der Waals surface area contributed by atoms with Crippen LogP contribution in [-0.2, 0) is 16.0 Å². The molecule has 2 atom stereocenters. The van der Waals surface area contributed by atoms with Crippen LogP contribution in [0.1, 0.15) is 48.9 Å². The maximum Gasteiger partial charge on any atom is 0.260 e. The van der Waals surface area contributed by atoms with Crippen LogP contribution in [0.5, 0.6) is 0 Å². The minimum absolute atomic E-state index is 0.159. The molecule has 162 valence electrons. The van der Waals surface area contributed by atoms with Crippen molar-refractivity contribution in [3.63, 3.8) is 0 Å². The molecule has 31 heavy (non-hydrogen) atoms. The molecule has 6 nitrogen and oxygen atoms in total. The molecule has 2 heterocycles. The van der Waals surface area contributed by atoms with Gasteiger partial charge in [0, 0.05) is 19.1 Å². The highest BCUT2D eigenvalue weighted by Crippen LogP contribution is 2.26. The van der Waals surface area contributed by atoms with Crippen LogP contribution in [0, 0.1) is 11.8 Å². The highest BCUT2D eigenvalue weighted by molar-refractivity contribution is 5.98. The van der Waals surface area contributed by atoms with Crippen LogP contribution in [0.2, 0.25) is 0 Å². The second-order valence-corrected chi connectivity index (χ2v) is 8.47. The fourth-order valence-electron chi connectivity index (χ4n) is 4.33. The molecule has 2 aromatic rings. The number of aromatic nitrogens is 1. The number of aliphatic hydroxyl groups is 1. The first-order chi connectivity index (χ1) is 15.0. The lowest BCUT2D eigenvalue weighted by Gasteiger charge is -2.27. The van der Waals surface area contributed by atoms with E-state index in [1.165, 1.54) is 18.4 Å². The smallest absolute Gasteiger partial charge is 0.260 e. The van der Waals surface area contributed by atoms with Crippen molar-refractivity contribution in [2.75, 3.05) is 18.6 Å². The minimum Gasteiger partial charge on any atom is -0.388 e. The zero-order chi connectivity index (χ0) is 21.8. The summed E-state index contributed by atoms with van der Waals surface area (Å²) in [4.78, 5) is 18.9. The van der Waals surface area contributed by atoms with Gasteiger partial charge < -0.3 is 15.6 Å². The van der Waals surface area contributed by atoms with Gasteiger partial charge in [-0.15, -0.1) is 0 Å². The van der Waals surface area contributed by atoms with Gasteiger partial charge >= 0.3 is 0 Å². The van der Waals surface area contributed by atoms with Crippen molar-refractivity contribution in [1.29, 1.82) is 0 Å². The highest BCUT2D eigenvalue weighted by Gasteiger charge is 2.41. The van der Waals surface area contributed by atoms with Gasteiger partial charge in [-0.25, -0.2) is 4.98 Å². The Bertz CT molecular complexity index is 990. The number of benzene rings is 1. The van der Waals surface area contributed by atoms with Gasteiger partial charge in [0.25, 0.3) is 5.91 Å². The lowest BCUT2D eigenvalue weighted by Crippen LogP contribution is -2.40. The van der Waals surface area contributed by atoms with E-state index >= 15 is 0 Å². The van der Waals surface area contributed by atoms with Gasteiger partial charge in [-0.3, -0.25) is 9.69 Å². The predicted octanol–water partition coefficient (Wildman–Crippen LogP) is 2.41. The first-order valence-corrected chi connectivity index (χ1v) is 10.9. The van der Waals surface area contributed by atoms with Crippen LogP contribution in [0.3, 0.4) is 0 Å². The Kier molecular flexibility index (Phi) is 6.38. The first-order valence-electron chi connectivity index (χ1n) is 10.9. The number of anilines is 1. The largest absolute Gasteiger partial charge is 0.388 e. The Hall–Kier alpha value is -2.72. The molecule has 1 aromatic carbocycles. The van der Waals surface area contributed by atoms with Gasteiger partial charge in [-0.1, -0.05) is 61.4 Å². The fourth-order valence-corrected chi connectivity index (χ4v) is 4.33. The predicted molar refractivity (Wildman–Crippen MR) is 120 cm³/mol. The van der Waals surface area contributed by atoms with Gasteiger partial charge in [-0.05, 0) is 30.5 Å². The Morgan fingerprint density at radius 3 is 2.61 bits per heavy atom. The molecule has 4 rings (SSSR count). The second kappa shape index (κ2) is 9.19. The standard InChI is InChI=1S/C25H29N3O3/c1-31-23-21(29)17-28(24(23)30)22-11-10-19(12-15-25(26)13-6-3-7-14-25)20(27-22)16-18-8-4-2-5-9-18/h2,4-5,8-11,21,23,29H,3,6-7,13-14,16-17,26H2,1H3. The van der Waals surface area contributed by atoms with Crippen molar-refractivity contribution in [2.45, 2.75) is 56.3 Å². The summed E-state index contributed by atoms with van der Waals surface area (Å²) in [5, 5.41) is 10.2.